The first-order valence-electron chi connectivity index (χ1n) is 5.11. The molecule has 1 amide bonds. The molecule has 6 heteroatoms. The minimum absolute atomic E-state index is 0.0507. The fraction of sp³-hybridized carbons (Fsp3) is 0.364. The van der Waals surface area contributed by atoms with Crippen molar-refractivity contribution in [2.75, 3.05) is 25.2 Å². The molecule has 6 nitrogen and oxygen atoms in total. The number of amides is 1. The van der Waals surface area contributed by atoms with Crippen LogP contribution >= 0.6 is 0 Å². The summed E-state index contributed by atoms with van der Waals surface area (Å²) in [5.41, 5.74) is 0.504. The summed E-state index contributed by atoms with van der Waals surface area (Å²) in [6.07, 6.45) is -1.06. The van der Waals surface area contributed by atoms with E-state index in [1.165, 1.54) is 18.1 Å². The second kappa shape index (κ2) is 4.50. The largest absolute Gasteiger partial charge is 0.504 e. The monoisotopic (exact) mass is 239 g/mol. The number of methoxy groups -OCH3 is 1. The number of hydrogen-bond acceptors (Lipinski definition) is 5. The summed E-state index contributed by atoms with van der Waals surface area (Å²) >= 11 is 0. The first-order valence-corrected chi connectivity index (χ1v) is 5.11. The van der Waals surface area contributed by atoms with Crippen molar-refractivity contribution in [1.29, 1.82) is 0 Å². The van der Waals surface area contributed by atoms with Crippen molar-refractivity contribution in [3.63, 3.8) is 0 Å². The van der Waals surface area contributed by atoms with Gasteiger partial charge in [0, 0.05) is 6.07 Å². The van der Waals surface area contributed by atoms with Gasteiger partial charge in [-0.15, -0.1) is 0 Å². The zero-order chi connectivity index (χ0) is 12.4. The van der Waals surface area contributed by atoms with E-state index >= 15 is 0 Å². The van der Waals surface area contributed by atoms with E-state index in [9.17, 15) is 9.90 Å². The zero-order valence-electron chi connectivity index (χ0n) is 9.29. The van der Waals surface area contributed by atoms with Crippen molar-refractivity contribution < 1.29 is 24.5 Å². The van der Waals surface area contributed by atoms with Crippen LogP contribution in [0.1, 0.15) is 0 Å². The Morgan fingerprint density at radius 2 is 2.35 bits per heavy atom. The number of carbonyl (C=O) groups excluding carboxylic acids is 1. The molecule has 1 heterocycles. The van der Waals surface area contributed by atoms with Crippen LogP contribution < -0.4 is 9.64 Å². The van der Waals surface area contributed by atoms with Crippen molar-refractivity contribution in [3.05, 3.63) is 18.2 Å². The number of ether oxygens (including phenoxy) is 2. The smallest absolute Gasteiger partial charge is 0.414 e. The molecule has 92 valence electrons. The molecule has 2 rings (SSSR count). The minimum Gasteiger partial charge on any atom is -0.504 e. The first-order chi connectivity index (χ1) is 8.15. The topological polar surface area (TPSA) is 79.2 Å². The lowest BCUT2D eigenvalue weighted by Crippen LogP contribution is -2.25. The Kier molecular flexibility index (Phi) is 3.06. The maximum Gasteiger partial charge on any atom is 0.414 e. The van der Waals surface area contributed by atoms with Gasteiger partial charge in [-0.1, -0.05) is 0 Å². The van der Waals surface area contributed by atoms with Crippen LogP contribution in [0.15, 0.2) is 18.2 Å². The molecule has 0 aliphatic carbocycles. The molecule has 1 aromatic carbocycles. The van der Waals surface area contributed by atoms with Gasteiger partial charge in [-0.25, -0.2) is 4.79 Å². The van der Waals surface area contributed by atoms with Crippen LogP contribution in [-0.2, 0) is 4.74 Å². The Bertz CT molecular complexity index is 434. The summed E-state index contributed by atoms with van der Waals surface area (Å²) in [4.78, 5) is 12.8. The number of phenolic OH excluding ortho intramolecular Hbond substituents is 1. The van der Waals surface area contributed by atoms with E-state index in [-0.39, 0.29) is 18.9 Å². The van der Waals surface area contributed by atoms with E-state index in [2.05, 4.69) is 0 Å². The average Bonchev–Trinajstić information content (AvgIpc) is 2.70. The molecule has 2 N–H and O–H groups in total. The van der Waals surface area contributed by atoms with Crippen molar-refractivity contribution in [1.82, 2.24) is 0 Å². The number of benzene rings is 1. The third-order valence-electron chi connectivity index (χ3n) is 2.55. The Hall–Kier alpha value is -1.95. The van der Waals surface area contributed by atoms with Gasteiger partial charge in [0.25, 0.3) is 0 Å². The van der Waals surface area contributed by atoms with Crippen LogP contribution in [0.2, 0.25) is 0 Å². The number of aliphatic hydroxyl groups is 1. The number of rotatable bonds is 3. The number of nitrogens with zero attached hydrogens (tertiary/aromatic N) is 1. The van der Waals surface area contributed by atoms with E-state index in [4.69, 9.17) is 14.6 Å². The van der Waals surface area contributed by atoms with E-state index in [0.717, 1.165) is 0 Å². The first kappa shape index (κ1) is 11.5. The highest BCUT2D eigenvalue weighted by Gasteiger charge is 2.32. The van der Waals surface area contributed by atoms with Gasteiger partial charge in [0.1, 0.15) is 6.10 Å². The third kappa shape index (κ3) is 2.12. The van der Waals surface area contributed by atoms with Gasteiger partial charge in [-0.2, -0.15) is 0 Å². The van der Waals surface area contributed by atoms with Crippen LogP contribution in [-0.4, -0.2) is 42.7 Å². The second-order valence-corrected chi connectivity index (χ2v) is 3.66. The number of aliphatic hydroxyl groups excluding tert-OH is 1. The quantitative estimate of drug-likeness (QED) is 0.812. The number of hydrogen-bond donors (Lipinski definition) is 2. The normalized spacial score (nSPS) is 19.3. The summed E-state index contributed by atoms with van der Waals surface area (Å²) in [7, 11) is 1.45. The van der Waals surface area contributed by atoms with E-state index in [1.54, 1.807) is 12.1 Å². The lowest BCUT2D eigenvalue weighted by molar-refractivity contribution is 0.0963. The average molecular weight is 239 g/mol. The standard InChI is InChI=1S/C11H13NO5/c1-16-10-3-2-7(4-9(10)14)12-5-8(6-13)17-11(12)15/h2-4,8,13-14H,5-6H2,1H3/t8-/m1/s1. The van der Waals surface area contributed by atoms with E-state index in [1.807, 2.05) is 0 Å². The highest BCUT2D eigenvalue weighted by Crippen LogP contribution is 2.32. The Balaban J connectivity index is 2.23. The Labute approximate surface area is 98.0 Å². The Morgan fingerprint density at radius 1 is 1.59 bits per heavy atom. The van der Waals surface area contributed by atoms with Crippen molar-refractivity contribution >= 4 is 11.8 Å². The molecule has 1 atom stereocenters. The molecule has 1 saturated heterocycles. The molecular formula is C11H13NO5. The fourth-order valence-corrected chi connectivity index (χ4v) is 1.67. The summed E-state index contributed by atoms with van der Waals surface area (Å²) in [6, 6.07) is 4.61. The van der Waals surface area contributed by atoms with Gasteiger partial charge in [-0.05, 0) is 12.1 Å². The van der Waals surface area contributed by atoms with Crippen molar-refractivity contribution in [2.24, 2.45) is 0 Å². The lowest BCUT2D eigenvalue weighted by Gasteiger charge is -2.14. The molecule has 1 aliphatic heterocycles. The lowest BCUT2D eigenvalue weighted by atomic mass is 10.2. The summed E-state index contributed by atoms with van der Waals surface area (Å²) in [5.74, 6) is 0.283. The van der Waals surface area contributed by atoms with Crippen LogP contribution in [0.5, 0.6) is 11.5 Å². The number of aromatic hydroxyl groups is 1. The van der Waals surface area contributed by atoms with Crippen LogP contribution in [0.4, 0.5) is 10.5 Å². The zero-order valence-corrected chi connectivity index (χ0v) is 9.29. The SMILES string of the molecule is COc1ccc(N2C[C@H](CO)OC2=O)cc1O. The molecule has 1 aliphatic rings. The molecule has 0 radical (unpaired) electrons. The van der Waals surface area contributed by atoms with Crippen LogP contribution in [0, 0.1) is 0 Å². The summed E-state index contributed by atoms with van der Waals surface area (Å²) in [6.45, 7) is 0.0471. The van der Waals surface area contributed by atoms with Gasteiger partial charge in [0.05, 0.1) is 25.9 Å². The second-order valence-electron chi connectivity index (χ2n) is 3.66. The van der Waals surface area contributed by atoms with Gasteiger partial charge < -0.3 is 19.7 Å². The molecular weight excluding hydrogens is 226 g/mol. The molecule has 1 fully saturated rings. The number of phenols is 1. The summed E-state index contributed by atoms with van der Waals surface area (Å²) in [5, 5.41) is 18.5. The van der Waals surface area contributed by atoms with E-state index < -0.39 is 12.2 Å². The summed E-state index contributed by atoms with van der Waals surface area (Å²) < 4.78 is 9.81. The van der Waals surface area contributed by atoms with Crippen molar-refractivity contribution in [2.45, 2.75) is 6.10 Å². The fourth-order valence-electron chi connectivity index (χ4n) is 1.67. The molecule has 0 bridgehead atoms. The van der Waals surface area contributed by atoms with E-state index in [0.29, 0.717) is 11.4 Å². The van der Waals surface area contributed by atoms with Gasteiger partial charge in [0.15, 0.2) is 11.5 Å². The van der Waals surface area contributed by atoms with Crippen LogP contribution in [0.25, 0.3) is 0 Å². The van der Waals surface area contributed by atoms with Gasteiger partial charge >= 0.3 is 6.09 Å². The van der Waals surface area contributed by atoms with Crippen LogP contribution in [0.3, 0.4) is 0 Å². The van der Waals surface area contributed by atoms with Crippen molar-refractivity contribution in [3.8, 4) is 11.5 Å². The van der Waals surface area contributed by atoms with Gasteiger partial charge in [-0.3, -0.25) is 4.90 Å². The highest BCUT2D eigenvalue weighted by molar-refractivity contribution is 5.90. The highest BCUT2D eigenvalue weighted by atomic mass is 16.6. The number of carbonyl (C=O) groups is 1. The molecule has 17 heavy (non-hydrogen) atoms. The Morgan fingerprint density at radius 3 is 2.88 bits per heavy atom. The predicted octanol–water partition coefficient (Wildman–Crippen LogP) is 0.718. The maximum absolute atomic E-state index is 11.5. The number of cyclic esters (lactones) is 1. The molecule has 0 aromatic heterocycles. The molecule has 0 unspecified atom stereocenters. The predicted molar refractivity (Wildman–Crippen MR) is 59.4 cm³/mol. The molecule has 0 spiro atoms. The number of anilines is 1. The van der Waals surface area contributed by atoms with Gasteiger partial charge in [0.2, 0.25) is 0 Å². The third-order valence-corrected chi connectivity index (χ3v) is 2.55. The molecule has 1 aromatic rings. The minimum atomic E-state index is -0.534. The maximum atomic E-state index is 11.5. The molecule has 0 saturated carbocycles.